The van der Waals surface area contributed by atoms with Crippen LogP contribution in [0.15, 0.2) is 53.1 Å². The lowest BCUT2D eigenvalue weighted by atomic mass is 9.94. The molecule has 1 radical (unpaired) electrons. The van der Waals surface area contributed by atoms with Crippen molar-refractivity contribution in [3.05, 3.63) is 59.8 Å². The lowest BCUT2D eigenvalue weighted by molar-refractivity contribution is 0.0992. The molecule has 3 amide bonds. The fourth-order valence-corrected chi connectivity index (χ4v) is 5.10. The zero-order valence-electron chi connectivity index (χ0n) is 18.4. The summed E-state index contributed by atoms with van der Waals surface area (Å²) < 4.78 is 31.3. The van der Waals surface area contributed by atoms with Crippen molar-refractivity contribution in [2.45, 2.75) is 36.3 Å². The molecule has 0 saturated heterocycles. The number of nitrogens with two attached hydrogens (primary N) is 1. The molecule has 4 N–H and O–H groups in total. The Morgan fingerprint density at radius 2 is 1.57 bits per heavy atom. The van der Waals surface area contributed by atoms with Gasteiger partial charge in [-0.1, -0.05) is 53.7 Å². The molecule has 11 heteroatoms. The number of urea groups is 1. The first kappa shape index (κ1) is 22.8. The van der Waals surface area contributed by atoms with Crippen LogP contribution in [0.4, 0.5) is 10.5 Å². The zero-order chi connectivity index (χ0) is 24.8. The van der Waals surface area contributed by atoms with Gasteiger partial charge in [-0.25, -0.2) is 17.9 Å². The fourth-order valence-electron chi connectivity index (χ4n) is 3.87. The minimum Gasteiger partial charge on any atom is -0.364 e. The van der Waals surface area contributed by atoms with E-state index < -0.39 is 32.6 Å². The Kier molecular flexibility index (Phi) is 5.43. The number of nitrogens with one attached hydrogen (secondary N) is 2. The molecular weight excluding hydrogens is 472 g/mol. The largest absolute Gasteiger partial charge is 0.364 e. The molecule has 0 spiro atoms. The summed E-state index contributed by atoms with van der Waals surface area (Å²) in [6.45, 7) is 0. The van der Waals surface area contributed by atoms with Crippen molar-refractivity contribution in [1.82, 2.24) is 9.88 Å². The van der Waals surface area contributed by atoms with E-state index in [0.717, 1.165) is 29.5 Å². The normalized spacial score (nSPS) is 16.3. The summed E-state index contributed by atoms with van der Waals surface area (Å²) in [7, 11) is -3.80. The summed E-state index contributed by atoms with van der Waals surface area (Å²) in [4.78, 5) is 35.4. The third-order valence-electron chi connectivity index (χ3n) is 6.23. The highest BCUT2D eigenvalue weighted by Crippen LogP contribution is 2.46. The summed E-state index contributed by atoms with van der Waals surface area (Å²) in [5, 5.41) is 5.38. The lowest BCUT2D eigenvalue weighted by Crippen LogP contribution is -2.37. The van der Waals surface area contributed by atoms with Crippen molar-refractivity contribution in [1.29, 1.82) is 0 Å². The number of primary amides is 1. The highest BCUT2D eigenvalue weighted by atomic mass is 32.2. The first-order valence-corrected chi connectivity index (χ1v) is 12.5. The quantitative estimate of drug-likeness (QED) is 0.434. The second-order valence-electron chi connectivity index (χ2n) is 8.74. The van der Waals surface area contributed by atoms with Gasteiger partial charge >= 0.3 is 6.03 Å². The second-order valence-corrected chi connectivity index (χ2v) is 10.7. The molecule has 2 aliphatic rings. The molecule has 1 heterocycles. The maximum atomic E-state index is 12.3. The number of carbonyl (C=O) groups excluding carboxylic acids is 3. The molecule has 2 aliphatic carbocycles. The molecule has 0 aliphatic heterocycles. The van der Waals surface area contributed by atoms with Crippen LogP contribution in [0.3, 0.4) is 0 Å². The maximum Gasteiger partial charge on any atom is 0.333 e. The highest BCUT2D eigenvalue weighted by Gasteiger charge is 2.45. The van der Waals surface area contributed by atoms with E-state index in [0.29, 0.717) is 18.4 Å². The molecule has 2 aromatic carbocycles. The molecule has 0 bridgehead atoms. The first-order valence-electron chi connectivity index (χ1n) is 11.0. The minimum atomic E-state index is -3.80. The molecule has 10 nitrogen and oxygen atoms in total. The molecule has 179 valence electrons. The number of nitrogens with zero attached hydrogens (tertiary/aromatic N) is 1. The number of amides is 3. The smallest absolute Gasteiger partial charge is 0.333 e. The number of aromatic nitrogens is 1. The van der Waals surface area contributed by atoms with E-state index in [9.17, 15) is 22.8 Å². The molecule has 35 heavy (non-hydrogen) atoms. The van der Waals surface area contributed by atoms with E-state index in [-0.39, 0.29) is 17.1 Å². The van der Waals surface area contributed by atoms with E-state index in [2.05, 4.69) is 16.8 Å². The number of hydrogen-bond donors (Lipinski definition) is 3. The molecule has 5 rings (SSSR count). The fraction of sp³-hybridized carbons (Fsp3) is 0.250. The van der Waals surface area contributed by atoms with Crippen molar-refractivity contribution in [3.8, 4) is 22.5 Å². The van der Waals surface area contributed by atoms with Crippen molar-refractivity contribution < 1.29 is 27.3 Å². The van der Waals surface area contributed by atoms with Gasteiger partial charge in [-0.05, 0) is 42.4 Å². The van der Waals surface area contributed by atoms with Crippen molar-refractivity contribution in [2.75, 3.05) is 5.32 Å². The number of carbonyl (C=O) groups is 2. The Bertz CT molecular complexity index is 1420. The molecule has 0 unspecified atom stereocenters. The van der Waals surface area contributed by atoms with Gasteiger partial charge in [-0.15, -0.1) is 0 Å². The predicted molar refractivity (Wildman–Crippen MR) is 127 cm³/mol. The molecule has 0 atom stereocenters. The van der Waals surface area contributed by atoms with E-state index in [1.54, 1.807) is 12.1 Å². The van der Waals surface area contributed by atoms with Crippen LogP contribution in [0.5, 0.6) is 0 Å². The van der Waals surface area contributed by atoms with Crippen LogP contribution >= 0.6 is 0 Å². The molecule has 2 saturated carbocycles. The van der Waals surface area contributed by atoms with Gasteiger partial charge in [-0.2, -0.15) is 0 Å². The first-order chi connectivity index (χ1) is 16.7. The Morgan fingerprint density at radius 3 is 2.09 bits per heavy atom. The number of anilines is 1. The standard InChI is InChI=1S/C24H21N4O6S/c25-22(30)20-19(26-23(31)28-35(32,33)18-9-10-18)21(34-27-20)16-3-1-14(2-4-16)15-5-7-17(8-6-15)24(13-29)11-12-24/h1-8,18H,9-12H2,(H2,25,30)(H2,26,28,31). The monoisotopic (exact) mass is 493 g/mol. The second kappa shape index (κ2) is 8.35. The minimum absolute atomic E-state index is 0.0527. The van der Waals surface area contributed by atoms with Crippen LogP contribution < -0.4 is 15.8 Å². The van der Waals surface area contributed by atoms with E-state index >= 15 is 0 Å². The summed E-state index contributed by atoms with van der Waals surface area (Å²) in [6.07, 6.45) is 4.74. The van der Waals surface area contributed by atoms with Gasteiger partial charge in [0, 0.05) is 5.56 Å². The summed E-state index contributed by atoms with van der Waals surface area (Å²) in [5.74, 6) is -0.894. The van der Waals surface area contributed by atoms with Gasteiger partial charge in [0.25, 0.3) is 5.91 Å². The average Bonchev–Trinajstić information content (AvgIpc) is 3.76. The summed E-state index contributed by atoms with van der Waals surface area (Å²) >= 11 is 0. The van der Waals surface area contributed by atoms with Gasteiger partial charge in [-0.3, -0.25) is 9.59 Å². The van der Waals surface area contributed by atoms with Crippen LogP contribution in [-0.4, -0.2) is 37.0 Å². The van der Waals surface area contributed by atoms with E-state index in [1.807, 2.05) is 41.1 Å². The van der Waals surface area contributed by atoms with Crippen LogP contribution in [0.2, 0.25) is 0 Å². The summed E-state index contributed by atoms with van der Waals surface area (Å²) in [6, 6.07) is 13.7. The SMILES string of the molecule is NC(=O)c1noc(-c2ccc(-c3ccc(C4([C]=O)CC4)cc3)cc2)c1NC(=O)NS(=O)(=O)C1CC1. The topological polar surface area (TPSA) is 161 Å². The molecular formula is C24H21N4O6S. The third kappa shape index (κ3) is 4.42. The summed E-state index contributed by atoms with van der Waals surface area (Å²) in [5.41, 5.74) is 7.68. The van der Waals surface area contributed by atoms with Crippen molar-refractivity contribution in [3.63, 3.8) is 0 Å². The van der Waals surface area contributed by atoms with Gasteiger partial charge < -0.3 is 15.6 Å². The van der Waals surface area contributed by atoms with Gasteiger partial charge in [0.1, 0.15) is 5.69 Å². The number of hydrogen-bond acceptors (Lipinski definition) is 7. The van der Waals surface area contributed by atoms with Crippen LogP contribution in [-0.2, 0) is 20.2 Å². The van der Waals surface area contributed by atoms with Crippen molar-refractivity contribution >= 4 is 33.9 Å². The van der Waals surface area contributed by atoms with Gasteiger partial charge in [0.2, 0.25) is 16.3 Å². The Labute approximate surface area is 200 Å². The number of benzene rings is 2. The lowest BCUT2D eigenvalue weighted by Gasteiger charge is -2.10. The van der Waals surface area contributed by atoms with Crippen LogP contribution in [0, 0.1) is 0 Å². The maximum absolute atomic E-state index is 12.3. The zero-order valence-corrected chi connectivity index (χ0v) is 19.2. The third-order valence-corrected chi connectivity index (χ3v) is 8.04. The Balaban J connectivity index is 1.38. The van der Waals surface area contributed by atoms with Crippen LogP contribution in [0.1, 0.15) is 41.7 Å². The van der Waals surface area contributed by atoms with E-state index in [4.69, 9.17) is 10.3 Å². The van der Waals surface area contributed by atoms with Gasteiger partial charge in [0.05, 0.1) is 10.7 Å². The highest BCUT2D eigenvalue weighted by molar-refractivity contribution is 7.90. The van der Waals surface area contributed by atoms with Gasteiger partial charge in [0.15, 0.2) is 11.5 Å². The Morgan fingerprint density at radius 1 is 1.00 bits per heavy atom. The average molecular weight is 494 g/mol. The number of sulfonamides is 1. The Hall–Kier alpha value is -3.99. The molecule has 3 aromatic rings. The predicted octanol–water partition coefficient (Wildman–Crippen LogP) is 2.86. The number of rotatable bonds is 8. The molecule has 2 fully saturated rings. The van der Waals surface area contributed by atoms with E-state index in [1.165, 1.54) is 0 Å². The van der Waals surface area contributed by atoms with Crippen molar-refractivity contribution in [2.24, 2.45) is 5.73 Å². The van der Waals surface area contributed by atoms with Crippen LogP contribution in [0.25, 0.3) is 22.5 Å². The molecule has 1 aromatic heterocycles.